The van der Waals surface area contributed by atoms with Crippen molar-refractivity contribution in [1.82, 2.24) is 20.0 Å². The summed E-state index contributed by atoms with van der Waals surface area (Å²) in [6, 6.07) is 14.2. The Morgan fingerprint density at radius 3 is 2.31 bits per heavy atom. The third-order valence-electron chi connectivity index (χ3n) is 6.16. The van der Waals surface area contributed by atoms with Crippen LogP contribution in [-0.4, -0.2) is 58.6 Å². The number of benzene rings is 2. The molecule has 1 saturated heterocycles. The van der Waals surface area contributed by atoms with Crippen LogP contribution in [0, 0.1) is 20.8 Å². The summed E-state index contributed by atoms with van der Waals surface area (Å²) in [4.78, 5) is 17.1. The van der Waals surface area contributed by atoms with Gasteiger partial charge in [-0.15, -0.1) is 10.2 Å². The number of piperazine rings is 1. The van der Waals surface area contributed by atoms with E-state index in [1.54, 1.807) is 0 Å². The Hall–Kier alpha value is -3.03. The third kappa shape index (κ3) is 5.06. The molecule has 2 aromatic carbocycles. The molecule has 1 aliphatic rings. The summed E-state index contributed by atoms with van der Waals surface area (Å²) in [5.74, 6) is 1.21. The molecule has 1 N–H and O–H groups in total. The molecule has 1 atom stereocenters. The van der Waals surface area contributed by atoms with Crippen molar-refractivity contribution >= 4 is 11.6 Å². The number of nitrogens with zero attached hydrogens (tertiary/aromatic N) is 4. The number of nitrogens with one attached hydrogen (secondary N) is 1. The molecule has 3 aromatic rings. The van der Waals surface area contributed by atoms with E-state index in [1.807, 2.05) is 56.3 Å². The topological polar surface area (TPSA) is 74.5 Å². The molecule has 1 aromatic heterocycles. The van der Waals surface area contributed by atoms with E-state index in [-0.39, 0.29) is 11.9 Å². The van der Waals surface area contributed by atoms with Crippen molar-refractivity contribution in [3.63, 3.8) is 0 Å². The molecule has 1 aliphatic heterocycles. The van der Waals surface area contributed by atoms with Gasteiger partial charge in [0, 0.05) is 37.4 Å². The fourth-order valence-electron chi connectivity index (χ4n) is 4.07. The van der Waals surface area contributed by atoms with E-state index >= 15 is 0 Å². The maximum Gasteiger partial charge on any atom is 0.247 e. The zero-order chi connectivity index (χ0) is 22.7. The van der Waals surface area contributed by atoms with Gasteiger partial charge in [-0.05, 0) is 51.0 Å². The van der Waals surface area contributed by atoms with Crippen LogP contribution in [0.3, 0.4) is 0 Å². The number of rotatable bonds is 6. The molecular formula is C25H31N5O2. The molecule has 0 bridgehead atoms. The van der Waals surface area contributed by atoms with Crippen molar-refractivity contribution in [1.29, 1.82) is 0 Å². The zero-order valence-corrected chi connectivity index (χ0v) is 19.3. The van der Waals surface area contributed by atoms with E-state index in [0.717, 1.165) is 48.6 Å². The first kappa shape index (κ1) is 22.2. The van der Waals surface area contributed by atoms with E-state index in [9.17, 15) is 4.79 Å². The monoisotopic (exact) mass is 433 g/mol. The van der Waals surface area contributed by atoms with Crippen molar-refractivity contribution in [2.24, 2.45) is 0 Å². The Labute approximate surface area is 189 Å². The quantitative estimate of drug-likeness (QED) is 0.634. The van der Waals surface area contributed by atoms with E-state index in [2.05, 4.69) is 39.2 Å². The van der Waals surface area contributed by atoms with Gasteiger partial charge in [-0.2, -0.15) is 0 Å². The lowest BCUT2D eigenvalue weighted by molar-refractivity contribution is -0.117. The number of anilines is 1. The summed E-state index contributed by atoms with van der Waals surface area (Å²) in [5, 5.41) is 11.6. The van der Waals surface area contributed by atoms with Gasteiger partial charge < -0.3 is 9.73 Å². The minimum absolute atomic E-state index is 0.0311. The Morgan fingerprint density at radius 1 is 1.00 bits per heavy atom. The number of amides is 1. The standard InChI is InChI=1S/C25H31N5O2/c1-17-8-10-21(11-9-17)25-28-27-24(32-25)20(4)30-14-12-29(13-15-30)16-22(31)26-23-18(2)6-5-7-19(23)3/h5-11,20H,12-16H2,1-4H3,(H,26,31). The average Bonchev–Trinajstić information content (AvgIpc) is 3.27. The van der Waals surface area contributed by atoms with Crippen molar-refractivity contribution in [2.75, 3.05) is 38.0 Å². The van der Waals surface area contributed by atoms with Crippen LogP contribution in [0.15, 0.2) is 46.9 Å². The SMILES string of the molecule is Cc1ccc(-c2nnc(C(C)N3CCN(CC(=O)Nc4c(C)cccc4C)CC3)o2)cc1. The second kappa shape index (κ2) is 9.63. The maximum absolute atomic E-state index is 12.6. The van der Waals surface area contributed by atoms with E-state index in [1.165, 1.54) is 5.56 Å². The lowest BCUT2D eigenvalue weighted by Gasteiger charge is -2.36. The van der Waals surface area contributed by atoms with Crippen LogP contribution in [0.5, 0.6) is 0 Å². The van der Waals surface area contributed by atoms with E-state index < -0.39 is 0 Å². The summed E-state index contributed by atoms with van der Waals surface area (Å²) in [6.07, 6.45) is 0. The summed E-state index contributed by atoms with van der Waals surface area (Å²) in [6.45, 7) is 11.9. The minimum Gasteiger partial charge on any atom is -0.419 e. The second-order valence-corrected chi connectivity index (χ2v) is 8.61. The Morgan fingerprint density at radius 2 is 1.66 bits per heavy atom. The predicted octanol–water partition coefficient (Wildman–Crippen LogP) is 3.98. The molecule has 0 aliphatic carbocycles. The minimum atomic E-state index is 0.0311. The Bertz CT molecular complexity index is 1050. The summed E-state index contributed by atoms with van der Waals surface area (Å²) in [7, 11) is 0. The lowest BCUT2D eigenvalue weighted by Crippen LogP contribution is -2.49. The van der Waals surface area contributed by atoms with Gasteiger partial charge in [0.05, 0.1) is 12.6 Å². The molecule has 4 rings (SSSR count). The van der Waals surface area contributed by atoms with Crippen LogP contribution in [0.2, 0.25) is 0 Å². The number of aromatic nitrogens is 2. The molecule has 0 saturated carbocycles. The molecule has 32 heavy (non-hydrogen) atoms. The van der Waals surface area contributed by atoms with Gasteiger partial charge in [-0.25, -0.2) is 0 Å². The van der Waals surface area contributed by atoms with Crippen molar-refractivity contribution < 1.29 is 9.21 Å². The summed E-state index contributed by atoms with van der Waals surface area (Å²) < 4.78 is 5.96. The Balaban J connectivity index is 1.30. The molecule has 0 radical (unpaired) electrons. The van der Waals surface area contributed by atoms with Gasteiger partial charge in [0.15, 0.2) is 0 Å². The van der Waals surface area contributed by atoms with Gasteiger partial charge >= 0.3 is 0 Å². The van der Waals surface area contributed by atoms with Gasteiger partial charge in [0.1, 0.15) is 0 Å². The summed E-state index contributed by atoms with van der Waals surface area (Å²) in [5.41, 5.74) is 5.22. The number of aryl methyl sites for hydroxylation is 3. The van der Waals surface area contributed by atoms with Crippen LogP contribution in [-0.2, 0) is 4.79 Å². The second-order valence-electron chi connectivity index (χ2n) is 8.61. The van der Waals surface area contributed by atoms with Crippen LogP contribution >= 0.6 is 0 Å². The van der Waals surface area contributed by atoms with Crippen molar-refractivity contribution in [3.8, 4) is 11.5 Å². The van der Waals surface area contributed by atoms with Gasteiger partial charge in [-0.3, -0.25) is 14.6 Å². The maximum atomic E-state index is 12.6. The highest BCUT2D eigenvalue weighted by Crippen LogP contribution is 2.25. The van der Waals surface area contributed by atoms with Gasteiger partial charge in [-0.1, -0.05) is 35.9 Å². The molecule has 1 amide bonds. The molecule has 2 heterocycles. The molecule has 7 nitrogen and oxygen atoms in total. The molecule has 1 unspecified atom stereocenters. The first-order chi connectivity index (χ1) is 15.4. The van der Waals surface area contributed by atoms with Crippen LogP contribution < -0.4 is 5.32 Å². The van der Waals surface area contributed by atoms with Crippen LogP contribution in [0.25, 0.3) is 11.5 Å². The number of hydrogen-bond acceptors (Lipinski definition) is 6. The zero-order valence-electron chi connectivity index (χ0n) is 19.3. The smallest absolute Gasteiger partial charge is 0.247 e. The van der Waals surface area contributed by atoms with Crippen molar-refractivity contribution in [3.05, 3.63) is 65.0 Å². The fourth-order valence-corrected chi connectivity index (χ4v) is 4.07. The molecule has 0 spiro atoms. The Kier molecular flexibility index (Phi) is 6.67. The van der Waals surface area contributed by atoms with Crippen LogP contribution in [0.4, 0.5) is 5.69 Å². The van der Waals surface area contributed by atoms with Gasteiger partial charge in [0.25, 0.3) is 0 Å². The van der Waals surface area contributed by atoms with Crippen LogP contribution in [0.1, 0.15) is 35.5 Å². The average molecular weight is 434 g/mol. The molecule has 7 heteroatoms. The molecular weight excluding hydrogens is 402 g/mol. The highest BCUT2D eigenvalue weighted by Gasteiger charge is 2.26. The highest BCUT2D eigenvalue weighted by molar-refractivity contribution is 5.93. The lowest BCUT2D eigenvalue weighted by atomic mass is 10.1. The number of hydrogen-bond donors (Lipinski definition) is 1. The first-order valence-corrected chi connectivity index (χ1v) is 11.1. The largest absolute Gasteiger partial charge is 0.419 e. The van der Waals surface area contributed by atoms with E-state index in [0.29, 0.717) is 18.3 Å². The predicted molar refractivity (Wildman–Crippen MR) is 125 cm³/mol. The first-order valence-electron chi connectivity index (χ1n) is 11.1. The normalized spacial score (nSPS) is 16.1. The number of para-hydroxylation sites is 1. The highest BCUT2D eigenvalue weighted by atomic mass is 16.4. The van der Waals surface area contributed by atoms with Crippen molar-refractivity contribution in [2.45, 2.75) is 33.7 Å². The number of carbonyl (C=O) groups is 1. The summed E-state index contributed by atoms with van der Waals surface area (Å²) >= 11 is 0. The van der Waals surface area contributed by atoms with E-state index in [4.69, 9.17) is 4.42 Å². The fraction of sp³-hybridized carbons (Fsp3) is 0.400. The third-order valence-corrected chi connectivity index (χ3v) is 6.16. The molecule has 1 fully saturated rings. The number of carbonyl (C=O) groups excluding carboxylic acids is 1. The molecule has 168 valence electrons. The van der Waals surface area contributed by atoms with Gasteiger partial charge in [0.2, 0.25) is 17.7 Å².